The van der Waals surface area contributed by atoms with Crippen LogP contribution in [0.5, 0.6) is 0 Å². The summed E-state index contributed by atoms with van der Waals surface area (Å²) in [6, 6.07) is 0. The van der Waals surface area contributed by atoms with Crippen LogP contribution >= 0.6 is 27.3 Å². The van der Waals surface area contributed by atoms with Crippen LogP contribution < -0.4 is 5.32 Å². The number of hydrogen-bond acceptors (Lipinski definition) is 5. The first-order valence-corrected chi connectivity index (χ1v) is 6.55. The number of fused-ring (bicyclic) bond motifs is 1. The number of carbonyl (C=O) groups is 1. The topological polar surface area (TPSA) is 72.2 Å². The lowest BCUT2D eigenvalue weighted by atomic mass is 10.3. The van der Waals surface area contributed by atoms with E-state index in [0.717, 1.165) is 3.79 Å². The zero-order valence-corrected chi connectivity index (χ0v) is 11.3. The van der Waals surface area contributed by atoms with Crippen LogP contribution in [0.4, 0.5) is 5.13 Å². The highest BCUT2D eigenvalue weighted by atomic mass is 79.9. The summed E-state index contributed by atoms with van der Waals surface area (Å²) in [7, 11) is 0. The molecule has 1 amide bonds. The fourth-order valence-corrected chi connectivity index (χ4v) is 2.59. The molecule has 0 aliphatic carbocycles. The van der Waals surface area contributed by atoms with Gasteiger partial charge in [0, 0.05) is 12.4 Å². The number of nitrogens with zero attached hydrogens (tertiary/aromatic N) is 4. The van der Waals surface area contributed by atoms with Crippen molar-refractivity contribution >= 4 is 43.8 Å². The molecule has 0 aliphatic rings. The highest BCUT2D eigenvalue weighted by molar-refractivity contribution is 9.11. The van der Waals surface area contributed by atoms with Gasteiger partial charge in [0.1, 0.15) is 0 Å². The van der Waals surface area contributed by atoms with Crippen molar-refractivity contribution in [2.24, 2.45) is 0 Å². The molecule has 0 saturated carbocycles. The third kappa shape index (κ3) is 2.00. The molecule has 0 unspecified atom stereocenters. The molecule has 3 aromatic rings. The molecule has 0 aliphatic heterocycles. The monoisotopic (exact) mass is 323 g/mol. The zero-order valence-electron chi connectivity index (χ0n) is 8.87. The van der Waals surface area contributed by atoms with Gasteiger partial charge in [-0.15, -0.1) is 0 Å². The van der Waals surface area contributed by atoms with Gasteiger partial charge in [-0.2, -0.15) is 5.10 Å². The van der Waals surface area contributed by atoms with E-state index < -0.39 is 0 Å². The largest absolute Gasteiger partial charge is 0.298 e. The molecule has 0 aromatic carbocycles. The lowest BCUT2D eigenvalue weighted by Crippen LogP contribution is -2.11. The Balaban J connectivity index is 1.92. The smallest absolute Gasteiger partial charge is 0.261 e. The molecule has 0 spiro atoms. The van der Waals surface area contributed by atoms with Gasteiger partial charge < -0.3 is 0 Å². The molecule has 0 bridgehead atoms. The first-order chi connectivity index (χ1) is 8.74. The molecule has 90 valence electrons. The minimum Gasteiger partial charge on any atom is -0.298 e. The Kier molecular flexibility index (Phi) is 2.80. The number of thiazole rings is 1. The molecule has 3 heterocycles. The molecule has 8 heteroatoms. The van der Waals surface area contributed by atoms with Crippen LogP contribution in [0.25, 0.3) is 5.52 Å². The Labute approximate surface area is 114 Å². The quantitative estimate of drug-likeness (QED) is 0.784. The van der Waals surface area contributed by atoms with E-state index in [2.05, 4.69) is 36.3 Å². The van der Waals surface area contributed by atoms with Gasteiger partial charge >= 0.3 is 0 Å². The molecule has 3 aromatic heterocycles. The number of nitrogens with one attached hydrogen (secondary N) is 1. The second kappa shape index (κ2) is 4.46. The molecule has 3 rings (SSSR count). The standard InChI is InChI=1S/C10H6BrN5OS/c11-8-5-13-10(18-8)15-9(17)6-3-14-16-2-1-12-4-7(6)16/h1-5H,(H,13,15,17). The van der Waals surface area contributed by atoms with Crippen molar-refractivity contribution in [1.82, 2.24) is 19.6 Å². The van der Waals surface area contributed by atoms with Crippen molar-refractivity contribution in [3.8, 4) is 0 Å². The summed E-state index contributed by atoms with van der Waals surface area (Å²) in [6.45, 7) is 0. The Morgan fingerprint density at radius 2 is 2.28 bits per heavy atom. The van der Waals surface area contributed by atoms with Gasteiger partial charge in [0.25, 0.3) is 5.91 Å². The number of carbonyl (C=O) groups excluding carboxylic acids is 1. The molecule has 0 atom stereocenters. The van der Waals surface area contributed by atoms with E-state index in [-0.39, 0.29) is 5.91 Å². The zero-order chi connectivity index (χ0) is 12.5. The van der Waals surface area contributed by atoms with E-state index in [0.29, 0.717) is 16.2 Å². The molecule has 6 nitrogen and oxygen atoms in total. The average Bonchev–Trinajstić information content (AvgIpc) is 2.95. The highest BCUT2D eigenvalue weighted by Gasteiger charge is 2.14. The molecule has 0 saturated heterocycles. The second-order valence-electron chi connectivity index (χ2n) is 3.39. The maximum Gasteiger partial charge on any atom is 0.261 e. The Morgan fingerprint density at radius 3 is 3.06 bits per heavy atom. The first kappa shape index (κ1) is 11.3. The van der Waals surface area contributed by atoms with Gasteiger partial charge in [-0.25, -0.2) is 9.50 Å². The number of anilines is 1. The van der Waals surface area contributed by atoms with Gasteiger partial charge in [0.15, 0.2) is 5.13 Å². The number of hydrogen-bond donors (Lipinski definition) is 1. The Morgan fingerprint density at radius 1 is 1.39 bits per heavy atom. The van der Waals surface area contributed by atoms with E-state index in [1.54, 1.807) is 29.3 Å². The third-order valence-electron chi connectivity index (χ3n) is 2.27. The molecular weight excluding hydrogens is 318 g/mol. The first-order valence-electron chi connectivity index (χ1n) is 4.94. The van der Waals surface area contributed by atoms with Crippen molar-refractivity contribution in [3.05, 3.63) is 40.3 Å². The summed E-state index contributed by atoms with van der Waals surface area (Å²) in [5.74, 6) is -0.250. The third-order valence-corrected chi connectivity index (χ3v) is 3.66. The van der Waals surface area contributed by atoms with Gasteiger partial charge in [-0.1, -0.05) is 11.3 Å². The minimum atomic E-state index is -0.250. The van der Waals surface area contributed by atoms with Crippen molar-refractivity contribution in [2.75, 3.05) is 5.32 Å². The van der Waals surface area contributed by atoms with E-state index >= 15 is 0 Å². The lowest BCUT2D eigenvalue weighted by molar-refractivity contribution is 0.102. The molecular formula is C10H6BrN5OS. The average molecular weight is 324 g/mol. The number of rotatable bonds is 2. The molecule has 1 N–H and O–H groups in total. The van der Waals surface area contributed by atoms with E-state index in [1.807, 2.05) is 0 Å². The van der Waals surface area contributed by atoms with E-state index in [9.17, 15) is 4.79 Å². The molecule has 0 radical (unpaired) electrons. The summed E-state index contributed by atoms with van der Waals surface area (Å²) in [5.41, 5.74) is 1.13. The van der Waals surface area contributed by atoms with Crippen LogP contribution in [0.1, 0.15) is 10.4 Å². The molecule has 0 fully saturated rings. The van der Waals surface area contributed by atoms with Gasteiger partial charge in [0.2, 0.25) is 0 Å². The summed E-state index contributed by atoms with van der Waals surface area (Å²) >= 11 is 4.64. The fraction of sp³-hybridized carbons (Fsp3) is 0. The maximum atomic E-state index is 12.1. The van der Waals surface area contributed by atoms with Crippen molar-refractivity contribution in [3.63, 3.8) is 0 Å². The van der Waals surface area contributed by atoms with Crippen LogP contribution in [-0.4, -0.2) is 25.5 Å². The normalized spacial score (nSPS) is 10.7. The number of halogens is 1. The predicted octanol–water partition coefficient (Wildman–Crippen LogP) is 2.20. The Hall–Kier alpha value is -1.80. The van der Waals surface area contributed by atoms with Gasteiger partial charge in [-0.3, -0.25) is 15.1 Å². The fourth-order valence-electron chi connectivity index (χ4n) is 1.49. The summed E-state index contributed by atoms with van der Waals surface area (Å²) < 4.78 is 2.46. The SMILES string of the molecule is O=C(Nc1ncc(Br)s1)c1cnn2ccncc12. The summed E-state index contributed by atoms with van der Waals surface area (Å²) in [4.78, 5) is 20.1. The van der Waals surface area contributed by atoms with Crippen LogP contribution in [0.15, 0.2) is 34.8 Å². The number of amides is 1. The van der Waals surface area contributed by atoms with Gasteiger partial charge in [0.05, 0.1) is 33.5 Å². The summed E-state index contributed by atoms with van der Waals surface area (Å²) in [5, 5.41) is 7.33. The predicted molar refractivity (Wildman–Crippen MR) is 70.8 cm³/mol. The van der Waals surface area contributed by atoms with Gasteiger partial charge in [-0.05, 0) is 15.9 Å². The maximum absolute atomic E-state index is 12.1. The van der Waals surface area contributed by atoms with Crippen molar-refractivity contribution in [2.45, 2.75) is 0 Å². The Bertz CT molecular complexity index is 722. The molecule has 18 heavy (non-hydrogen) atoms. The lowest BCUT2D eigenvalue weighted by Gasteiger charge is -1.99. The van der Waals surface area contributed by atoms with Crippen LogP contribution in [-0.2, 0) is 0 Å². The van der Waals surface area contributed by atoms with E-state index in [4.69, 9.17) is 0 Å². The van der Waals surface area contributed by atoms with Crippen LogP contribution in [0.3, 0.4) is 0 Å². The van der Waals surface area contributed by atoms with Crippen LogP contribution in [0.2, 0.25) is 0 Å². The summed E-state index contributed by atoms with van der Waals surface area (Å²) in [6.07, 6.45) is 8.04. The van der Waals surface area contributed by atoms with E-state index in [1.165, 1.54) is 17.5 Å². The van der Waals surface area contributed by atoms with Crippen molar-refractivity contribution < 1.29 is 4.79 Å². The van der Waals surface area contributed by atoms with Crippen molar-refractivity contribution in [1.29, 1.82) is 0 Å². The highest BCUT2D eigenvalue weighted by Crippen LogP contribution is 2.23. The van der Waals surface area contributed by atoms with Crippen LogP contribution in [0, 0.1) is 0 Å². The second-order valence-corrected chi connectivity index (χ2v) is 5.80. The minimum absolute atomic E-state index is 0.250. The number of aromatic nitrogens is 4.